The molecule has 1 heterocycles. The highest BCUT2D eigenvalue weighted by atomic mass is 19.2. The first-order valence-corrected chi connectivity index (χ1v) is 6.90. The highest BCUT2D eigenvalue weighted by molar-refractivity contribution is 5.59. The molecule has 21 heavy (non-hydrogen) atoms. The Labute approximate surface area is 122 Å². The Bertz CT molecular complexity index is 617. The van der Waals surface area contributed by atoms with Crippen LogP contribution in [0.5, 0.6) is 0 Å². The molecule has 0 saturated carbocycles. The van der Waals surface area contributed by atoms with Gasteiger partial charge in [0.1, 0.15) is 17.5 Å². The van der Waals surface area contributed by atoms with Gasteiger partial charge in [-0.1, -0.05) is 13.3 Å². The summed E-state index contributed by atoms with van der Waals surface area (Å²) in [5.74, 6) is 0.0727. The maximum atomic E-state index is 13.2. The number of halogens is 2. The molecular weight excluding hydrogens is 274 g/mol. The molecule has 0 aliphatic heterocycles. The molecule has 2 aromatic rings. The lowest BCUT2D eigenvalue weighted by Gasteiger charge is -2.10. The van der Waals surface area contributed by atoms with Crippen molar-refractivity contribution in [3.63, 3.8) is 0 Å². The highest BCUT2D eigenvalue weighted by Gasteiger charge is 2.05. The molecule has 0 bridgehead atoms. The van der Waals surface area contributed by atoms with Crippen molar-refractivity contribution < 1.29 is 8.78 Å². The van der Waals surface area contributed by atoms with E-state index in [1.54, 1.807) is 13.0 Å². The largest absolute Gasteiger partial charge is 0.370 e. The summed E-state index contributed by atoms with van der Waals surface area (Å²) in [6, 6.07) is 5.37. The number of aryl methyl sites for hydroxylation is 1. The highest BCUT2D eigenvalue weighted by Crippen LogP contribution is 2.19. The smallest absolute Gasteiger partial charge is 0.160 e. The third kappa shape index (κ3) is 4.37. The van der Waals surface area contributed by atoms with E-state index in [4.69, 9.17) is 0 Å². The van der Waals surface area contributed by atoms with Gasteiger partial charge in [-0.15, -0.1) is 0 Å². The molecule has 0 unspecified atom stereocenters. The molecule has 1 aromatic carbocycles. The summed E-state index contributed by atoms with van der Waals surface area (Å²) in [5.41, 5.74) is 0.437. The van der Waals surface area contributed by atoms with Crippen molar-refractivity contribution in [1.82, 2.24) is 9.97 Å². The van der Waals surface area contributed by atoms with Crippen molar-refractivity contribution in [2.75, 3.05) is 17.2 Å². The van der Waals surface area contributed by atoms with E-state index in [0.29, 0.717) is 23.1 Å². The second-order valence-electron chi connectivity index (χ2n) is 4.72. The molecule has 6 heteroatoms. The van der Waals surface area contributed by atoms with Crippen LogP contribution in [0, 0.1) is 18.6 Å². The summed E-state index contributed by atoms with van der Waals surface area (Å²) < 4.78 is 26.1. The number of unbranched alkanes of at least 4 members (excludes halogenated alkanes) is 1. The molecule has 0 atom stereocenters. The zero-order valence-electron chi connectivity index (χ0n) is 12.1. The summed E-state index contributed by atoms with van der Waals surface area (Å²) in [5, 5.41) is 6.15. The van der Waals surface area contributed by atoms with Crippen molar-refractivity contribution in [3.8, 4) is 0 Å². The molecule has 2 rings (SSSR count). The number of benzene rings is 1. The van der Waals surface area contributed by atoms with Gasteiger partial charge in [0.2, 0.25) is 0 Å². The van der Waals surface area contributed by atoms with Crippen molar-refractivity contribution in [3.05, 3.63) is 41.7 Å². The van der Waals surface area contributed by atoms with Gasteiger partial charge in [-0.25, -0.2) is 18.7 Å². The Morgan fingerprint density at radius 2 is 1.81 bits per heavy atom. The summed E-state index contributed by atoms with van der Waals surface area (Å²) in [4.78, 5) is 8.51. The zero-order valence-corrected chi connectivity index (χ0v) is 12.1. The van der Waals surface area contributed by atoms with Crippen LogP contribution in [0.25, 0.3) is 0 Å². The van der Waals surface area contributed by atoms with E-state index >= 15 is 0 Å². The molecule has 112 valence electrons. The number of nitrogens with zero attached hydrogens (tertiary/aromatic N) is 2. The van der Waals surface area contributed by atoms with Gasteiger partial charge in [-0.05, 0) is 25.5 Å². The molecule has 4 nitrogen and oxygen atoms in total. The predicted octanol–water partition coefficient (Wildman–Crippen LogP) is 4.02. The number of hydrogen-bond acceptors (Lipinski definition) is 4. The second kappa shape index (κ2) is 6.97. The summed E-state index contributed by atoms with van der Waals surface area (Å²) in [6.45, 7) is 4.72. The van der Waals surface area contributed by atoms with Crippen LogP contribution in [-0.2, 0) is 0 Å². The van der Waals surface area contributed by atoms with Gasteiger partial charge in [-0.3, -0.25) is 0 Å². The van der Waals surface area contributed by atoms with Gasteiger partial charge in [-0.2, -0.15) is 0 Å². The molecule has 0 spiro atoms. The van der Waals surface area contributed by atoms with E-state index in [9.17, 15) is 8.78 Å². The van der Waals surface area contributed by atoms with Crippen LogP contribution >= 0.6 is 0 Å². The molecule has 0 saturated heterocycles. The molecule has 0 aliphatic carbocycles. The van der Waals surface area contributed by atoms with Gasteiger partial charge in [0, 0.05) is 24.4 Å². The third-order valence-corrected chi connectivity index (χ3v) is 2.87. The fourth-order valence-corrected chi connectivity index (χ4v) is 1.84. The van der Waals surface area contributed by atoms with E-state index < -0.39 is 11.6 Å². The van der Waals surface area contributed by atoms with Gasteiger partial charge in [0.05, 0.1) is 0 Å². The Hall–Kier alpha value is -2.24. The lowest BCUT2D eigenvalue weighted by molar-refractivity contribution is 0.509. The van der Waals surface area contributed by atoms with Gasteiger partial charge < -0.3 is 10.6 Å². The van der Waals surface area contributed by atoms with E-state index in [1.165, 1.54) is 6.07 Å². The maximum absolute atomic E-state index is 13.2. The van der Waals surface area contributed by atoms with Crippen LogP contribution in [0.3, 0.4) is 0 Å². The number of rotatable bonds is 6. The molecule has 0 amide bonds. The average molecular weight is 292 g/mol. The molecular formula is C15H18F2N4. The maximum Gasteiger partial charge on any atom is 0.160 e. The normalized spacial score (nSPS) is 10.5. The van der Waals surface area contributed by atoms with Gasteiger partial charge >= 0.3 is 0 Å². The van der Waals surface area contributed by atoms with Crippen LogP contribution in [0.15, 0.2) is 24.3 Å². The Balaban J connectivity index is 2.13. The predicted molar refractivity (Wildman–Crippen MR) is 79.8 cm³/mol. The number of anilines is 3. The Kier molecular flexibility index (Phi) is 5.03. The van der Waals surface area contributed by atoms with Gasteiger partial charge in [0.25, 0.3) is 0 Å². The minimum Gasteiger partial charge on any atom is -0.370 e. The van der Waals surface area contributed by atoms with Crippen molar-refractivity contribution >= 4 is 17.3 Å². The topological polar surface area (TPSA) is 49.8 Å². The van der Waals surface area contributed by atoms with Crippen molar-refractivity contribution in [1.29, 1.82) is 0 Å². The Morgan fingerprint density at radius 1 is 1.05 bits per heavy atom. The molecule has 0 aliphatic rings. The first-order chi connectivity index (χ1) is 10.1. The quantitative estimate of drug-likeness (QED) is 0.790. The lowest BCUT2D eigenvalue weighted by atomic mass is 10.3. The zero-order chi connectivity index (χ0) is 15.2. The molecule has 0 fully saturated rings. The average Bonchev–Trinajstić information content (AvgIpc) is 2.43. The van der Waals surface area contributed by atoms with E-state index in [0.717, 1.165) is 31.5 Å². The fraction of sp³-hybridized carbons (Fsp3) is 0.333. The van der Waals surface area contributed by atoms with Crippen LogP contribution in [0.4, 0.5) is 26.1 Å². The van der Waals surface area contributed by atoms with Crippen LogP contribution in [0.1, 0.15) is 25.6 Å². The number of nitrogens with one attached hydrogen (secondary N) is 2. The van der Waals surface area contributed by atoms with Gasteiger partial charge in [0.15, 0.2) is 11.6 Å². The molecule has 0 radical (unpaired) electrons. The molecule has 2 N–H and O–H groups in total. The van der Waals surface area contributed by atoms with E-state index in [-0.39, 0.29) is 0 Å². The second-order valence-corrected chi connectivity index (χ2v) is 4.72. The lowest BCUT2D eigenvalue weighted by Crippen LogP contribution is -2.06. The summed E-state index contributed by atoms with van der Waals surface area (Å²) in [6.07, 6.45) is 2.14. The van der Waals surface area contributed by atoms with E-state index in [2.05, 4.69) is 27.5 Å². The minimum absolute atomic E-state index is 0.437. The minimum atomic E-state index is -0.896. The molecule has 1 aromatic heterocycles. The SMILES string of the molecule is CCCCNc1cc(Nc2ccc(F)c(F)c2)nc(C)n1. The van der Waals surface area contributed by atoms with Crippen LogP contribution in [-0.4, -0.2) is 16.5 Å². The van der Waals surface area contributed by atoms with Crippen molar-refractivity contribution in [2.45, 2.75) is 26.7 Å². The van der Waals surface area contributed by atoms with Crippen molar-refractivity contribution in [2.24, 2.45) is 0 Å². The standard InChI is InChI=1S/C15H18F2N4/c1-3-4-7-18-14-9-15(20-10(2)19-14)21-11-5-6-12(16)13(17)8-11/h5-6,8-9H,3-4,7H2,1-2H3,(H2,18,19,20,21). The number of aromatic nitrogens is 2. The fourth-order valence-electron chi connectivity index (χ4n) is 1.84. The number of hydrogen-bond donors (Lipinski definition) is 2. The van der Waals surface area contributed by atoms with Crippen LogP contribution < -0.4 is 10.6 Å². The Morgan fingerprint density at radius 3 is 2.52 bits per heavy atom. The first kappa shape index (κ1) is 15.2. The summed E-state index contributed by atoms with van der Waals surface area (Å²) in [7, 11) is 0. The summed E-state index contributed by atoms with van der Waals surface area (Å²) >= 11 is 0. The van der Waals surface area contributed by atoms with Crippen LogP contribution in [0.2, 0.25) is 0 Å². The first-order valence-electron chi connectivity index (χ1n) is 6.90. The van der Waals surface area contributed by atoms with E-state index in [1.807, 2.05) is 0 Å². The monoisotopic (exact) mass is 292 g/mol. The third-order valence-electron chi connectivity index (χ3n) is 2.87.